The molecule has 3 nitrogen and oxygen atoms in total. The van der Waals surface area contributed by atoms with E-state index in [4.69, 9.17) is 9.47 Å². The van der Waals surface area contributed by atoms with Gasteiger partial charge in [0.2, 0.25) is 0 Å². The van der Waals surface area contributed by atoms with Gasteiger partial charge in [0.15, 0.2) is 11.5 Å². The Labute approximate surface area is 108 Å². The van der Waals surface area contributed by atoms with Gasteiger partial charge in [0, 0.05) is 0 Å². The Morgan fingerprint density at radius 2 is 1.78 bits per heavy atom. The van der Waals surface area contributed by atoms with Crippen LogP contribution in [-0.4, -0.2) is 18.3 Å². The summed E-state index contributed by atoms with van der Waals surface area (Å²) < 4.78 is 11.1. The maximum Gasteiger partial charge on any atom is 0.161 e. The minimum absolute atomic E-state index is 0.589. The van der Waals surface area contributed by atoms with Crippen LogP contribution in [-0.2, 0) is 5.60 Å². The van der Waals surface area contributed by atoms with Gasteiger partial charge in [0.1, 0.15) is 13.2 Å². The maximum atomic E-state index is 10.8. The number of ether oxygens (including phenoxy) is 2. The van der Waals surface area contributed by atoms with Gasteiger partial charge in [-0.05, 0) is 49.3 Å². The molecule has 0 atom stereocenters. The van der Waals surface area contributed by atoms with Crippen LogP contribution in [0.4, 0.5) is 0 Å². The van der Waals surface area contributed by atoms with Crippen molar-refractivity contribution in [3.8, 4) is 11.5 Å². The molecule has 1 heterocycles. The van der Waals surface area contributed by atoms with Crippen LogP contribution in [0, 0.1) is 5.92 Å². The van der Waals surface area contributed by atoms with Crippen LogP contribution in [0.15, 0.2) is 18.2 Å². The highest BCUT2D eigenvalue weighted by atomic mass is 16.6. The fourth-order valence-electron chi connectivity index (χ4n) is 2.86. The molecule has 18 heavy (non-hydrogen) atoms. The van der Waals surface area contributed by atoms with Crippen LogP contribution in [0.2, 0.25) is 0 Å². The third-order valence-corrected chi connectivity index (χ3v) is 4.18. The van der Waals surface area contributed by atoms with Crippen LogP contribution >= 0.6 is 0 Å². The molecular weight excluding hydrogens is 228 g/mol. The van der Waals surface area contributed by atoms with E-state index in [1.807, 2.05) is 18.2 Å². The normalized spacial score (nSPS) is 31.1. The summed E-state index contributed by atoms with van der Waals surface area (Å²) in [4.78, 5) is 0. The smallest absolute Gasteiger partial charge is 0.161 e. The highest BCUT2D eigenvalue weighted by Gasteiger charge is 2.34. The van der Waals surface area contributed by atoms with Crippen molar-refractivity contribution in [3.63, 3.8) is 0 Å². The van der Waals surface area contributed by atoms with E-state index in [0.29, 0.717) is 13.2 Å². The molecule has 1 aromatic carbocycles. The van der Waals surface area contributed by atoms with Gasteiger partial charge in [-0.3, -0.25) is 0 Å². The van der Waals surface area contributed by atoms with Gasteiger partial charge in [0.05, 0.1) is 5.60 Å². The summed E-state index contributed by atoms with van der Waals surface area (Å²) in [5.41, 5.74) is 0.293. The predicted molar refractivity (Wildman–Crippen MR) is 69.0 cm³/mol. The van der Waals surface area contributed by atoms with Gasteiger partial charge in [0.25, 0.3) is 0 Å². The molecule has 0 unspecified atom stereocenters. The first-order chi connectivity index (χ1) is 8.67. The summed E-state index contributed by atoms with van der Waals surface area (Å²) >= 11 is 0. The molecule has 0 aromatic heterocycles. The maximum absolute atomic E-state index is 10.8. The lowest BCUT2D eigenvalue weighted by Crippen LogP contribution is -2.31. The Hall–Kier alpha value is -1.22. The Bertz CT molecular complexity index is 433. The second-order valence-electron chi connectivity index (χ2n) is 5.57. The zero-order valence-electron chi connectivity index (χ0n) is 10.8. The summed E-state index contributed by atoms with van der Waals surface area (Å²) in [6.07, 6.45) is 3.86. The number of rotatable bonds is 1. The van der Waals surface area contributed by atoms with Crippen LogP contribution < -0.4 is 9.47 Å². The fraction of sp³-hybridized carbons (Fsp3) is 0.600. The largest absolute Gasteiger partial charge is 0.486 e. The van der Waals surface area contributed by atoms with Crippen LogP contribution in [0.1, 0.15) is 38.2 Å². The lowest BCUT2D eigenvalue weighted by atomic mass is 9.76. The van der Waals surface area contributed by atoms with E-state index in [-0.39, 0.29) is 0 Å². The van der Waals surface area contributed by atoms with E-state index in [9.17, 15) is 5.11 Å². The van der Waals surface area contributed by atoms with E-state index in [0.717, 1.165) is 48.7 Å². The van der Waals surface area contributed by atoms with E-state index in [2.05, 4.69) is 6.92 Å². The quantitative estimate of drug-likeness (QED) is 0.830. The Balaban J connectivity index is 1.87. The van der Waals surface area contributed by atoms with Crippen LogP contribution in [0.25, 0.3) is 0 Å². The minimum Gasteiger partial charge on any atom is -0.486 e. The molecule has 0 radical (unpaired) electrons. The van der Waals surface area contributed by atoms with Gasteiger partial charge in [-0.1, -0.05) is 13.0 Å². The van der Waals surface area contributed by atoms with Crippen molar-refractivity contribution in [1.29, 1.82) is 0 Å². The molecular formula is C15H20O3. The standard InChI is InChI=1S/C15H20O3/c1-11-4-6-15(16,7-5-11)12-2-3-13-14(10-12)18-9-8-17-13/h2-3,10-11,16H,4-9H2,1H3. The van der Waals surface area contributed by atoms with Crippen LogP contribution in [0.5, 0.6) is 11.5 Å². The Kier molecular flexibility index (Phi) is 2.94. The van der Waals surface area contributed by atoms with E-state index < -0.39 is 5.60 Å². The molecule has 0 saturated heterocycles. The van der Waals surface area contributed by atoms with Gasteiger partial charge >= 0.3 is 0 Å². The van der Waals surface area contributed by atoms with Crippen molar-refractivity contribution in [2.45, 2.75) is 38.2 Å². The molecule has 1 aliphatic heterocycles. The summed E-state index contributed by atoms with van der Waals surface area (Å²) in [6, 6.07) is 5.84. The monoisotopic (exact) mass is 248 g/mol. The van der Waals surface area contributed by atoms with Gasteiger partial charge < -0.3 is 14.6 Å². The van der Waals surface area contributed by atoms with Crippen molar-refractivity contribution in [2.24, 2.45) is 5.92 Å². The first-order valence-corrected chi connectivity index (χ1v) is 6.80. The predicted octanol–water partition coefficient (Wildman–Crippen LogP) is 2.86. The summed E-state index contributed by atoms with van der Waals surface area (Å²) in [6.45, 7) is 3.45. The van der Waals surface area contributed by atoms with Crippen molar-refractivity contribution in [3.05, 3.63) is 23.8 Å². The second-order valence-corrected chi connectivity index (χ2v) is 5.57. The van der Waals surface area contributed by atoms with E-state index in [1.165, 1.54) is 0 Å². The zero-order valence-corrected chi connectivity index (χ0v) is 10.8. The van der Waals surface area contributed by atoms with Gasteiger partial charge in [-0.2, -0.15) is 0 Å². The molecule has 3 heteroatoms. The SMILES string of the molecule is CC1CCC(O)(c2ccc3c(c2)OCCO3)CC1. The number of hydrogen-bond donors (Lipinski definition) is 1. The van der Waals surface area contributed by atoms with Crippen molar-refractivity contribution in [2.75, 3.05) is 13.2 Å². The molecule has 2 aliphatic rings. The average Bonchev–Trinajstić information content (AvgIpc) is 2.42. The Morgan fingerprint density at radius 3 is 2.50 bits per heavy atom. The molecule has 98 valence electrons. The summed E-state index contributed by atoms with van der Waals surface area (Å²) in [5, 5.41) is 10.8. The van der Waals surface area contributed by atoms with Crippen molar-refractivity contribution >= 4 is 0 Å². The molecule has 0 bridgehead atoms. The number of aliphatic hydroxyl groups is 1. The number of fused-ring (bicyclic) bond motifs is 1. The van der Waals surface area contributed by atoms with Crippen molar-refractivity contribution < 1.29 is 14.6 Å². The molecule has 0 spiro atoms. The van der Waals surface area contributed by atoms with Crippen molar-refractivity contribution in [1.82, 2.24) is 0 Å². The highest BCUT2D eigenvalue weighted by Crippen LogP contribution is 2.42. The lowest BCUT2D eigenvalue weighted by molar-refractivity contribution is -0.0123. The number of hydrogen-bond acceptors (Lipinski definition) is 3. The van der Waals surface area contributed by atoms with E-state index in [1.54, 1.807) is 0 Å². The second kappa shape index (κ2) is 4.47. The molecule has 1 aliphatic carbocycles. The number of benzene rings is 1. The van der Waals surface area contributed by atoms with E-state index >= 15 is 0 Å². The first kappa shape index (κ1) is 11.8. The Morgan fingerprint density at radius 1 is 1.11 bits per heavy atom. The summed E-state index contributed by atoms with van der Waals surface area (Å²) in [5.74, 6) is 2.28. The molecule has 1 fully saturated rings. The zero-order chi connectivity index (χ0) is 12.6. The van der Waals surface area contributed by atoms with Crippen LogP contribution in [0.3, 0.4) is 0 Å². The van der Waals surface area contributed by atoms with Gasteiger partial charge in [-0.25, -0.2) is 0 Å². The first-order valence-electron chi connectivity index (χ1n) is 6.80. The highest BCUT2D eigenvalue weighted by molar-refractivity contribution is 5.45. The third-order valence-electron chi connectivity index (χ3n) is 4.18. The lowest BCUT2D eigenvalue weighted by Gasteiger charge is -2.35. The molecule has 1 aromatic rings. The topological polar surface area (TPSA) is 38.7 Å². The third kappa shape index (κ3) is 2.07. The minimum atomic E-state index is -0.678. The molecule has 3 rings (SSSR count). The fourth-order valence-corrected chi connectivity index (χ4v) is 2.86. The molecule has 0 amide bonds. The summed E-state index contributed by atoms with van der Waals surface area (Å²) in [7, 11) is 0. The molecule has 1 N–H and O–H groups in total. The average molecular weight is 248 g/mol. The van der Waals surface area contributed by atoms with Gasteiger partial charge in [-0.15, -0.1) is 0 Å². The molecule has 1 saturated carbocycles.